The Kier molecular flexibility index (Phi) is 4.78. The second-order valence-corrected chi connectivity index (χ2v) is 3.75. The minimum Gasteiger partial charge on any atom is -0.462 e. The predicted octanol–water partition coefficient (Wildman–Crippen LogP) is 3.49. The zero-order chi connectivity index (χ0) is 14.6. The van der Waals surface area contributed by atoms with Gasteiger partial charge in [-0.2, -0.15) is 18.4 Å². The van der Waals surface area contributed by atoms with Crippen LogP contribution in [0.4, 0.5) is 13.2 Å². The predicted molar refractivity (Wildman–Crippen MR) is 61.7 cm³/mol. The van der Waals surface area contributed by atoms with E-state index in [1.165, 1.54) is 13.0 Å². The molecule has 19 heavy (non-hydrogen) atoms. The van der Waals surface area contributed by atoms with Crippen molar-refractivity contribution in [3.8, 4) is 6.07 Å². The maximum Gasteiger partial charge on any atom is 0.417 e. The molecule has 102 valence electrons. The highest BCUT2D eigenvalue weighted by molar-refractivity contribution is 6.17. The number of hydrogen-bond acceptors (Lipinski definition) is 3. The van der Waals surface area contributed by atoms with E-state index < -0.39 is 28.8 Å². The minimum atomic E-state index is -4.73. The van der Waals surface area contributed by atoms with Crippen LogP contribution >= 0.6 is 11.6 Å². The summed E-state index contributed by atoms with van der Waals surface area (Å²) >= 11 is 5.57. The number of nitriles is 1. The third kappa shape index (κ3) is 3.18. The summed E-state index contributed by atoms with van der Waals surface area (Å²) in [6, 6.07) is 3.21. The zero-order valence-corrected chi connectivity index (χ0v) is 10.6. The van der Waals surface area contributed by atoms with Crippen molar-refractivity contribution in [2.24, 2.45) is 0 Å². The maximum absolute atomic E-state index is 12.8. The van der Waals surface area contributed by atoms with Crippen molar-refractivity contribution in [3.63, 3.8) is 0 Å². The molecule has 0 N–H and O–H groups in total. The highest BCUT2D eigenvalue weighted by Gasteiger charge is 2.36. The molecule has 1 aromatic carbocycles. The lowest BCUT2D eigenvalue weighted by Crippen LogP contribution is -2.16. The Morgan fingerprint density at radius 1 is 1.47 bits per heavy atom. The lowest BCUT2D eigenvalue weighted by Gasteiger charge is -2.14. The molecule has 0 saturated carbocycles. The molecule has 0 aliphatic heterocycles. The Morgan fingerprint density at radius 3 is 2.53 bits per heavy atom. The fraction of sp³-hybridized carbons (Fsp3) is 0.333. The maximum atomic E-state index is 12.8. The number of nitrogens with zero attached hydrogens (tertiary/aromatic N) is 1. The lowest BCUT2D eigenvalue weighted by molar-refractivity contribution is -0.137. The molecule has 0 aliphatic carbocycles. The molecule has 0 unspecified atom stereocenters. The van der Waals surface area contributed by atoms with E-state index in [1.807, 2.05) is 0 Å². The standard InChI is InChI=1S/C12H9ClF3NO2/c1-2-19-11(18)10-7(5-13)3-4-9(8(10)6-17)12(14,15)16/h3-4H,2,5H2,1H3. The molecule has 0 amide bonds. The van der Waals surface area contributed by atoms with E-state index in [-0.39, 0.29) is 18.1 Å². The first-order chi connectivity index (χ1) is 8.86. The van der Waals surface area contributed by atoms with E-state index in [2.05, 4.69) is 4.74 Å². The van der Waals surface area contributed by atoms with Gasteiger partial charge in [-0.3, -0.25) is 0 Å². The van der Waals surface area contributed by atoms with Gasteiger partial charge in [0.2, 0.25) is 0 Å². The first-order valence-electron chi connectivity index (χ1n) is 5.23. The van der Waals surface area contributed by atoms with Crippen molar-refractivity contribution in [2.45, 2.75) is 19.0 Å². The van der Waals surface area contributed by atoms with E-state index in [1.54, 1.807) is 0 Å². The van der Waals surface area contributed by atoms with Crippen LogP contribution < -0.4 is 0 Å². The molecule has 0 aliphatic rings. The van der Waals surface area contributed by atoms with E-state index in [4.69, 9.17) is 16.9 Å². The van der Waals surface area contributed by atoms with E-state index >= 15 is 0 Å². The van der Waals surface area contributed by atoms with Gasteiger partial charge in [0.05, 0.1) is 23.3 Å². The number of halogens is 4. The van der Waals surface area contributed by atoms with Gasteiger partial charge in [0.25, 0.3) is 0 Å². The van der Waals surface area contributed by atoms with Crippen LogP contribution in [-0.4, -0.2) is 12.6 Å². The first kappa shape index (κ1) is 15.3. The molecular formula is C12H9ClF3NO2. The molecule has 1 aromatic rings. The van der Waals surface area contributed by atoms with Crippen LogP contribution in [0.15, 0.2) is 12.1 Å². The monoisotopic (exact) mass is 291 g/mol. The van der Waals surface area contributed by atoms with Gasteiger partial charge in [-0.05, 0) is 18.6 Å². The van der Waals surface area contributed by atoms with E-state index in [9.17, 15) is 18.0 Å². The van der Waals surface area contributed by atoms with Crippen LogP contribution in [0.1, 0.15) is 34.0 Å². The molecule has 0 radical (unpaired) electrons. The largest absolute Gasteiger partial charge is 0.462 e. The number of alkyl halides is 4. The minimum absolute atomic E-state index is 0.0122. The topological polar surface area (TPSA) is 50.1 Å². The summed E-state index contributed by atoms with van der Waals surface area (Å²) in [5.41, 5.74) is -2.23. The summed E-state index contributed by atoms with van der Waals surface area (Å²) in [6.07, 6.45) is -4.73. The number of carbonyl (C=O) groups excluding carboxylic acids is 1. The summed E-state index contributed by atoms with van der Waals surface area (Å²) in [6.45, 7) is 1.50. The molecule has 7 heteroatoms. The van der Waals surface area contributed by atoms with Crippen LogP contribution in [0, 0.1) is 11.3 Å². The summed E-state index contributed by atoms with van der Waals surface area (Å²) in [5.74, 6) is -1.18. The Hall–Kier alpha value is -1.74. The Morgan fingerprint density at radius 2 is 2.11 bits per heavy atom. The summed E-state index contributed by atoms with van der Waals surface area (Å²) < 4.78 is 43.0. The van der Waals surface area contributed by atoms with Crippen molar-refractivity contribution >= 4 is 17.6 Å². The fourth-order valence-electron chi connectivity index (χ4n) is 1.55. The molecule has 0 heterocycles. The Balaban J connectivity index is 3.57. The number of ether oxygens (including phenoxy) is 1. The summed E-state index contributed by atoms with van der Waals surface area (Å²) in [7, 11) is 0. The van der Waals surface area contributed by atoms with Crippen molar-refractivity contribution in [1.29, 1.82) is 5.26 Å². The van der Waals surface area contributed by atoms with Crippen molar-refractivity contribution in [1.82, 2.24) is 0 Å². The average Bonchev–Trinajstić information content (AvgIpc) is 2.35. The number of rotatable bonds is 3. The van der Waals surface area contributed by atoms with E-state index in [0.717, 1.165) is 12.1 Å². The molecular weight excluding hydrogens is 283 g/mol. The molecule has 0 spiro atoms. The van der Waals surface area contributed by atoms with Gasteiger partial charge in [0.15, 0.2) is 0 Å². The molecule has 0 saturated heterocycles. The van der Waals surface area contributed by atoms with Crippen LogP contribution in [0.3, 0.4) is 0 Å². The van der Waals surface area contributed by atoms with Gasteiger partial charge in [-0.1, -0.05) is 6.07 Å². The fourth-order valence-corrected chi connectivity index (χ4v) is 1.77. The number of esters is 1. The quantitative estimate of drug-likeness (QED) is 0.632. The third-order valence-electron chi connectivity index (χ3n) is 2.33. The van der Waals surface area contributed by atoms with Crippen LogP contribution in [0.5, 0.6) is 0 Å². The van der Waals surface area contributed by atoms with Gasteiger partial charge in [-0.15, -0.1) is 11.6 Å². The molecule has 0 atom stereocenters. The number of hydrogen-bond donors (Lipinski definition) is 0. The van der Waals surface area contributed by atoms with E-state index in [0.29, 0.717) is 0 Å². The van der Waals surface area contributed by atoms with Crippen molar-refractivity contribution in [2.75, 3.05) is 6.61 Å². The Labute approximate surface area is 112 Å². The second kappa shape index (κ2) is 5.93. The van der Waals surface area contributed by atoms with Gasteiger partial charge in [0.1, 0.15) is 6.07 Å². The Bertz CT molecular complexity index is 535. The second-order valence-electron chi connectivity index (χ2n) is 3.49. The third-order valence-corrected chi connectivity index (χ3v) is 2.62. The van der Waals surface area contributed by atoms with Gasteiger partial charge >= 0.3 is 12.1 Å². The van der Waals surface area contributed by atoms with Gasteiger partial charge in [-0.25, -0.2) is 4.79 Å². The normalized spacial score (nSPS) is 10.9. The average molecular weight is 292 g/mol. The van der Waals surface area contributed by atoms with Crippen molar-refractivity contribution in [3.05, 3.63) is 34.4 Å². The molecule has 0 bridgehead atoms. The van der Waals surface area contributed by atoms with Crippen molar-refractivity contribution < 1.29 is 22.7 Å². The van der Waals surface area contributed by atoms with Crippen LogP contribution in [0.2, 0.25) is 0 Å². The summed E-state index contributed by atoms with van der Waals surface area (Å²) in [4.78, 5) is 11.7. The number of benzene rings is 1. The smallest absolute Gasteiger partial charge is 0.417 e. The SMILES string of the molecule is CCOC(=O)c1c(CCl)ccc(C(F)(F)F)c1C#N. The van der Waals surface area contributed by atoms with Crippen LogP contribution in [0.25, 0.3) is 0 Å². The molecule has 0 fully saturated rings. The van der Waals surface area contributed by atoms with Crippen LogP contribution in [-0.2, 0) is 16.8 Å². The zero-order valence-electron chi connectivity index (χ0n) is 9.84. The number of carbonyl (C=O) groups is 1. The highest BCUT2D eigenvalue weighted by Crippen LogP contribution is 2.34. The first-order valence-corrected chi connectivity index (χ1v) is 5.76. The van der Waals surface area contributed by atoms with Gasteiger partial charge < -0.3 is 4.74 Å². The molecule has 0 aromatic heterocycles. The highest BCUT2D eigenvalue weighted by atomic mass is 35.5. The lowest BCUT2D eigenvalue weighted by atomic mass is 9.97. The molecule has 1 rings (SSSR count). The summed E-state index contributed by atoms with van der Waals surface area (Å²) in [5, 5.41) is 8.90. The van der Waals surface area contributed by atoms with Gasteiger partial charge in [0, 0.05) is 5.88 Å². The molecule has 3 nitrogen and oxygen atoms in total.